The van der Waals surface area contributed by atoms with Gasteiger partial charge in [0.2, 0.25) is 15.9 Å². The second kappa shape index (κ2) is 8.13. The van der Waals surface area contributed by atoms with Crippen molar-refractivity contribution in [1.82, 2.24) is 5.32 Å². The second-order valence-electron chi connectivity index (χ2n) is 6.77. The number of amides is 1. The number of aliphatic hydroxyl groups excluding tert-OH is 1. The highest BCUT2D eigenvalue weighted by Crippen LogP contribution is 2.43. The molecule has 26 heavy (non-hydrogen) atoms. The van der Waals surface area contributed by atoms with E-state index in [0.717, 1.165) is 32.1 Å². The fraction of sp³-hybridized carbons (Fsp3) is 0.933. The van der Waals surface area contributed by atoms with Crippen molar-refractivity contribution >= 4 is 40.9 Å². The van der Waals surface area contributed by atoms with Gasteiger partial charge < -0.3 is 34.5 Å². The van der Waals surface area contributed by atoms with Crippen LogP contribution < -0.4 is 5.32 Å². The molecule has 0 spiro atoms. The number of aliphatic hydroxyl groups is 2. The van der Waals surface area contributed by atoms with E-state index in [9.17, 15) is 15.0 Å². The molecule has 2 aliphatic heterocycles. The summed E-state index contributed by atoms with van der Waals surface area (Å²) in [5.41, 5.74) is 0. The summed E-state index contributed by atoms with van der Waals surface area (Å²) in [5.74, 6) is -2.05. The summed E-state index contributed by atoms with van der Waals surface area (Å²) in [6.07, 6.45) is 0.135. The van der Waals surface area contributed by atoms with Crippen molar-refractivity contribution in [2.45, 2.75) is 72.3 Å². The van der Waals surface area contributed by atoms with Crippen LogP contribution in [0, 0.1) is 0 Å². The van der Waals surface area contributed by atoms with Crippen molar-refractivity contribution in [2.75, 3.05) is 13.2 Å². The zero-order valence-electron chi connectivity index (χ0n) is 13.9. The van der Waals surface area contributed by atoms with Gasteiger partial charge in [-0.2, -0.15) is 0 Å². The number of carbonyl (C=O) groups excluding carboxylic acids is 1. The number of hydrogen-bond acceptors (Lipinski definition) is 7. The van der Waals surface area contributed by atoms with Crippen LogP contribution in [0.4, 0.5) is 4.79 Å². The second-order valence-corrected chi connectivity index (χ2v) is 9.14. The fourth-order valence-electron chi connectivity index (χ4n) is 3.48. The van der Waals surface area contributed by atoms with Gasteiger partial charge in [-0.3, -0.25) is 0 Å². The quantitative estimate of drug-likeness (QED) is 0.579. The van der Waals surface area contributed by atoms with Gasteiger partial charge in [0, 0.05) is 6.04 Å². The smallest absolute Gasteiger partial charge is 0.407 e. The predicted octanol–water partition coefficient (Wildman–Crippen LogP) is 1.61. The number of alkyl halides is 3. The monoisotopic (exact) mass is 433 g/mol. The molecule has 2 saturated heterocycles. The number of fused-ring (bicyclic) bond motifs is 1. The molecule has 1 amide bonds. The first-order chi connectivity index (χ1) is 12.2. The van der Waals surface area contributed by atoms with Crippen molar-refractivity contribution < 1.29 is 34.0 Å². The number of rotatable bonds is 3. The highest BCUT2D eigenvalue weighted by Gasteiger charge is 2.60. The highest BCUT2D eigenvalue weighted by molar-refractivity contribution is 6.67. The highest BCUT2D eigenvalue weighted by atomic mass is 35.6. The molecule has 11 heteroatoms. The van der Waals surface area contributed by atoms with Gasteiger partial charge in [0.05, 0.1) is 13.2 Å². The largest absolute Gasteiger partial charge is 0.441 e. The molecular weight excluding hydrogens is 413 g/mol. The molecule has 150 valence electrons. The molecule has 0 bridgehead atoms. The van der Waals surface area contributed by atoms with Crippen LogP contribution in [0.1, 0.15) is 32.1 Å². The molecule has 1 aliphatic carbocycles. The van der Waals surface area contributed by atoms with Crippen LogP contribution in [0.5, 0.6) is 0 Å². The molecule has 2 heterocycles. The van der Waals surface area contributed by atoms with Crippen LogP contribution in [0.2, 0.25) is 0 Å². The van der Waals surface area contributed by atoms with Gasteiger partial charge in [-0.05, 0) is 12.8 Å². The van der Waals surface area contributed by atoms with E-state index in [0.29, 0.717) is 0 Å². The molecule has 0 aromatic carbocycles. The Labute approximate surface area is 165 Å². The number of nitrogens with one attached hydrogen (secondary N) is 1. The van der Waals surface area contributed by atoms with Crippen LogP contribution in [-0.4, -0.2) is 69.7 Å². The third-order valence-corrected chi connectivity index (χ3v) is 5.37. The third kappa shape index (κ3) is 4.50. The first-order valence-corrected chi connectivity index (χ1v) is 9.68. The Morgan fingerprint density at radius 1 is 1.23 bits per heavy atom. The molecule has 1 unspecified atom stereocenters. The van der Waals surface area contributed by atoms with Gasteiger partial charge in [0.15, 0.2) is 6.10 Å². The summed E-state index contributed by atoms with van der Waals surface area (Å²) in [6.45, 7) is -0.961. The van der Waals surface area contributed by atoms with Crippen molar-refractivity contribution in [3.8, 4) is 0 Å². The van der Waals surface area contributed by atoms with Crippen LogP contribution in [0.15, 0.2) is 0 Å². The van der Waals surface area contributed by atoms with Crippen molar-refractivity contribution in [1.29, 1.82) is 0 Å². The van der Waals surface area contributed by atoms with Gasteiger partial charge in [-0.15, -0.1) is 0 Å². The number of hydrogen-bond donors (Lipinski definition) is 3. The summed E-state index contributed by atoms with van der Waals surface area (Å²) in [5, 5.41) is 22.6. The zero-order chi connectivity index (χ0) is 18.9. The Hall–Kier alpha value is -0.0600. The predicted molar refractivity (Wildman–Crippen MR) is 92.1 cm³/mol. The Bertz CT molecular complexity index is 514. The molecular formula is C15H22Cl3NO7. The summed E-state index contributed by atoms with van der Waals surface area (Å²) >= 11 is 17.4. The lowest BCUT2D eigenvalue weighted by Crippen LogP contribution is -2.62. The molecule has 3 aliphatic rings. The average Bonchev–Trinajstić information content (AvgIpc) is 3.06. The van der Waals surface area contributed by atoms with Gasteiger partial charge in [-0.1, -0.05) is 54.1 Å². The van der Waals surface area contributed by atoms with E-state index in [2.05, 4.69) is 5.32 Å². The van der Waals surface area contributed by atoms with Gasteiger partial charge in [0.25, 0.3) is 0 Å². The molecule has 0 radical (unpaired) electrons. The maximum atomic E-state index is 12.2. The normalized spacial score (nSPS) is 38.7. The van der Waals surface area contributed by atoms with E-state index < -0.39 is 46.9 Å². The summed E-state index contributed by atoms with van der Waals surface area (Å²) in [7, 11) is 0. The van der Waals surface area contributed by atoms with E-state index in [1.165, 1.54) is 0 Å². The number of ether oxygens (including phenoxy) is 4. The first kappa shape index (κ1) is 20.7. The Balaban J connectivity index is 1.65. The standard InChI is InChI=1S/C15H22Cl3NO7/c16-15(17,18)12-25-10-9(6-23-14(22,7-20)11(10)26-12)24-13(21)19-8-4-2-1-3-5-8/h8-12,20,22H,1-7H2,(H,19,21)/t9-,10+,11+,12-,14?/m1/s1. The van der Waals surface area contributed by atoms with Crippen molar-refractivity contribution in [3.63, 3.8) is 0 Å². The van der Waals surface area contributed by atoms with Crippen molar-refractivity contribution in [3.05, 3.63) is 0 Å². The van der Waals surface area contributed by atoms with E-state index in [1.807, 2.05) is 0 Å². The lowest BCUT2D eigenvalue weighted by atomic mass is 9.96. The minimum Gasteiger partial charge on any atom is -0.441 e. The van der Waals surface area contributed by atoms with E-state index in [-0.39, 0.29) is 12.6 Å². The van der Waals surface area contributed by atoms with Crippen LogP contribution in [0.3, 0.4) is 0 Å². The number of halogens is 3. The Kier molecular flexibility index (Phi) is 6.46. The van der Waals surface area contributed by atoms with E-state index in [4.69, 9.17) is 53.8 Å². The first-order valence-electron chi connectivity index (χ1n) is 8.55. The zero-order valence-corrected chi connectivity index (χ0v) is 16.2. The average molecular weight is 435 g/mol. The minimum atomic E-state index is -2.05. The van der Waals surface area contributed by atoms with E-state index in [1.54, 1.807) is 0 Å². The molecule has 1 saturated carbocycles. The SMILES string of the molecule is O=C(NC1CCCCC1)O[C@@H]1COC(O)(CO)[C@H]2O[C@H](C(Cl)(Cl)Cl)O[C@@H]12. The van der Waals surface area contributed by atoms with Gasteiger partial charge in [-0.25, -0.2) is 4.79 Å². The molecule has 3 fully saturated rings. The van der Waals surface area contributed by atoms with Crippen molar-refractivity contribution in [2.24, 2.45) is 0 Å². The van der Waals surface area contributed by atoms with Gasteiger partial charge in [0.1, 0.15) is 12.2 Å². The molecule has 8 nitrogen and oxygen atoms in total. The topological polar surface area (TPSA) is 106 Å². The summed E-state index contributed by atoms with van der Waals surface area (Å²) in [4.78, 5) is 12.2. The third-order valence-electron chi connectivity index (χ3n) is 4.84. The Morgan fingerprint density at radius 3 is 2.54 bits per heavy atom. The summed E-state index contributed by atoms with van der Waals surface area (Å²) in [6, 6.07) is 0.0700. The number of alkyl carbamates (subject to hydrolysis) is 1. The fourth-order valence-corrected chi connectivity index (χ4v) is 3.79. The Morgan fingerprint density at radius 2 is 1.92 bits per heavy atom. The lowest BCUT2D eigenvalue weighted by molar-refractivity contribution is -0.312. The van der Waals surface area contributed by atoms with Crippen LogP contribution in [0.25, 0.3) is 0 Å². The molecule has 5 atom stereocenters. The maximum Gasteiger partial charge on any atom is 0.407 e. The molecule has 0 aromatic heterocycles. The number of carbonyl (C=O) groups is 1. The van der Waals surface area contributed by atoms with E-state index >= 15 is 0 Å². The van der Waals surface area contributed by atoms with Crippen LogP contribution in [-0.2, 0) is 18.9 Å². The van der Waals surface area contributed by atoms with Crippen LogP contribution >= 0.6 is 34.8 Å². The summed E-state index contributed by atoms with van der Waals surface area (Å²) < 4.78 is 19.7. The molecule has 3 rings (SSSR count). The molecule has 3 N–H and O–H groups in total. The maximum absolute atomic E-state index is 12.2. The molecule has 0 aromatic rings. The lowest BCUT2D eigenvalue weighted by Gasteiger charge is -2.41. The minimum absolute atomic E-state index is 0.0700. The van der Waals surface area contributed by atoms with Gasteiger partial charge >= 0.3 is 6.09 Å².